The number of nitrogens with one attached hydrogen (secondary N) is 2. The van der Waals surface area contributed by atoms with Gasteiger partial charge < -0.3 is 19.9 Å². The number of anilines is 2. The number of thioether (sulfide) groups is 1. The number of halogens is 4. The highest BCUT2D eigenvalue weighted by atomic mass is 35.5. The highest BCUT2D eigenvalue weighted by Gasteiger charge is 2.49. The van der Waals surface area contributed by atoms with Crippen LogP contribution >= 0.6 is 23.4 Å². The van der Waals surface area contributed by atoms with Crippen LogP contribution in [-0.4, -0.2) is 120 Å². The van der Waals surface area contributed by atoms with Gasteiger partial charge in [-0.2, -0.15) is 13.2 Å². The van der Waals surface area contributed by atoms with E-state index in [4.69, 9.17) is 16.3 Å². The van der Waals surface area contributed by atoms with Crippen molar-refractivity contribution in [1.29, 1.82) is 0 Å². The second kappa shape index (κ2) is 21.8. The van der Waals surface area contributed by atoms with Crippen LogP contribution in [0.5, 0.6) is 0 Å². The zero-order valence-corrected chi connectivity index (χ0v) is 40.2. The molecule has 3 aromatic rings. The van der Waals surface area contributed by atoms with E-state index in [1.807, 2.05) is 48.1 Å². The summed E-state index contributed by atoms with van der Waals surface area (Å²) in [4.78, 5) is 18.2. The molecule has 3 aromatic carbocycles. The van der Waals surface area contributed by atoms with Crippen LogP contribution in [0, 0.1) is 11.3 Å². The molecule has 3 atom stereocenters. The minimum Gasteiger partial charge on any atom is -0.380 e. The number of amides is 1. The van der Waals surface area contributed by atoms with Gasteiger partial charge in [0, 0.05) is 92.3 Å². The van der Waals surface area contributed by atoms with E-state index in [-0.39, 0.29) is 11.0 Å². The second-order valence-corrected chi connectivity index (χ2v) is 22.7. The molecule has 0 spiro atoms. The van der Waals surface area contributed by atoms with Gasteiger partial charge in [-0.15, -0.1) is 29.9 Å². The van der Waals surface area contributed by atoms with E-state index < -0.39 is 57.7 Å². The van der Waals surface area contributed by atoms with Crippen LogP contribution in [0.4, 0.5) is 24.5 Å². The van der Waals surface area contributed by atoms with Crippen molar-refractivity contribution in [2.75, 3.05) is 81.5 Å². The molecule has 2 fully saturated rings. The molecule has 64 heavy (non-hydrogen) atoms. The van der Waals surface area contributed by atoms with Crippen LogP contribution in [0.25, 0.3) is 0 Å². The topological polar surface area (TPSA) is 128 Å². The minimum atomic E-state index is -6.06. The molecule has 0 radical (unpaired) electrons. The Morgan fingerprint density at radius 3 is 2.22 bits per heavy atom. The highest BCUT2D eigenvalue weighted by Crippen LogP contribution is 2.47. The van der Waals surface area contributed by atoms with E-state index in [1.54, 1.807) is 12.1 Å². The average molecular weight is 969 g/mol. The van der Waals surface area contributed by atoms with Gasteiger partial charge in [0.05, 0.1) is 22.1 Å². The number of rotatable bonds is 20. The predicted octanol–water partition coefficient (Wildman–Crippen LogP) is 8.70. The fourth-order valence-corrected chi connectivity index (χ4v) is 11.4. The SMILES string of the molecule is C=C[C@](C)(C(C)C)[C@](C)(Cl)CC(=C)CN1CCN(c2ccc(C(=O)NS(=O)(=O)c3ccc(N[C@H](CCN4CCCOCC4)CSc4ccccc4)c(S(=O)(=O)C(F)(F)F)c3)cc2)CC1. The highest BCUT2D eigenvalue weighted by molar-refractivity contribution is 7.99. The Labute approximate surface area is 386 Å². The molecule has 11 nitrogen and oxygen atoms in total. The van der Waals surface area contributed by atoms with E-state index >= 15 is 0 Å². The molecule has 2 saturated heterocycles. The molecule has 0 unspecified atom stereocenters. The molecule has 0 saturated carbocycles. The van der Waals surface area contributed by atoms with Gasteiger partial charge >= 0.3 is 5.51 Å². The van der Waals surface area contributed by atoms with Crippen molar-refractivity contribution in [3.05, 3.63) is 103 Å². The second-order valence-electron chi connectivity index (χ2n) is 17.2. The fraction of sp³-hybridized carbons (Fsp3) is 0.500. The van der Waals surface area contributed by atoms with Crippen molar-refractivity contribution in [3.63, 3.8) is 0 Å². The molecule has 1 amide bonds. The molecule has 18 heteroatoms. The molecule has 0 aromatic heterocycles. The first-order chi connectivity index (χ1) is 30.1. The van der Waals surface area contributed by atoms with Gasteiger partial charge in [-0.3, -0.25) is 9.69 Å². The van der Waals surface area contributed by atoms with Crippen molar-refractivity contribution < 1.29 is 39.5 Å². The molecule has 2 heterocycles. The maximum Gasteiger partial charge on any atom is 0.501 e. The van der Waals surface area contributed by atoms with Crippen molar-refractivity contribution in [2.24, 2.45) is 11.3 Å². The molecule has 0 aliphatic carbocycles. The van der Waals surface area contributed by atoms with E-state index in [2.05, 4.69) is 53.9 Å². The molecular weight excluding hydrogens is 907 g/mol. The largest absolute Gasteiger partial charge is 0.501 e. The fourth-order valence-electron chi connectivity index (χ4n) is 7.94. The Kier molecular flexibility index (Phi) is 17.5. The smallest absolute Gasteiger partial charge is 0.380 e. The van der Waals surface area contributed by atoms with Gasteiger partial charge in [-0.1, -0.05) is 57.2 Å². The molecule has 5 rings (SSSR count). The van der Waals surface area contributed by atoms with Gasteiger partial charge in [0.1, 0.15) is 4.90 Å². The van der Waals surface area contributed by atoms with Crippen molar-refractivity contribution in [3.8, 4) is 0 Å². The normalized spacial score (nSPS) is 18.4. The summed E-state index contributed by atoms with van der Waals surface area (Å²) in [5, 5.41) is 3.00. The first kappa shape index (κ1) is 51.4. The lowest BCUT2D eigenvalue weighted by Crippen LogP contribution is -2.47. The lowest BCUT2D eigenvalue weighted by atomic mass is 9.67. The number of ether oxygens (including phenoxy) is 1. The summed E-state index contributed by atoms with van der Waals surface area (Å²) < 4.78 is 103. The number of hydrogen-bond donors (Lipinski definition) is 2. The van der Waals surface area contributed by atoms with Crippen LogP contribution in [-0.2, 0) is 24.6 Å². The Balaban J connectivity index is 1.26. The maximum atomic E-state index is 14.2. The first-order valence-electron chi connectivity index (χ1n) is 21.4. The van der Waals surface area contributed by atoms with E-state index in [0.29, 0.717) is 76.5 Å². The number of carbonyl (C=O) groups excluding carboxylic acids is 1. The number of piperazine rings is 1. The van der Waals surface area contributed by atoms with Gasteiger partial charge in [0.2, 0.25) is 0 Å². The Bertz CT molecular complexity index is 2280. The van der Waals surface area contributed by atoms with Crippen LogP contribution < -0.4 is 14.9 Å². The molecule has 2 N–H and O–H groups in total. The molecule has 2 aliphatic rings. The van der Waals surface area contributed by atoms with E-state index in [0.717, 1.165) is 54.3 Å². The third-order valence-electron chi connectivity index (χ3n) is 12.4. The number of carbonyl (C=O) groups is 1. The summed E-state index contributed by atoms with van der Waals surface area (Å²) in [7, 11) is -10.9. The quantitative estimate of drug-likeness (QED) is 0.0642. The van der Waals surface area contributed by atoms with Gasteiger partial charge in [-0.25, -0.2) is 21.6 Å². The minimum absolute atomic E-state index is 0.0181. The monoisotopic (exact) mass is 967 g/mol. The summed E-state index contributed by atoms with van der Waals surface area (Å²) in [6.07, 6.45) is 3.84. The van der Waals surface area contributed by atoms with Gasteiger partial charge in [-0.05, 0) is 86.7 Å². The number of benzene rings is 3. The van der Waals surface area contributed by atoms with Crippen LogP contribution in [0.3, 0.4) is 0 Å². The Morgan fingerprint density at radius 1 is 0.922 bits per heavy atom. The zero-order valence-electron chi connectivity index (χ0n) is 37.0. The summed E-state index contributed by atoms with van der Waals surface area (Å²) in [6, 6.07) is 17.6. The Morgan fingerprint density at radius 2 is 1.59 bits per heavy atom. The molecule has 0 bridgehead atoms. The van der Waals surface area contributed by atoms with Crippen molar-refractivity contribution in [1.82, 2.24) is 14.5 Å². The summed E-state index contributed by atoms with van der Waals surface area (Å²) in [6.45, 7) is 23.6. The van der Waals surface area contributed by atoms with Gasteiger partial charge in [0.25, 0.3) is 25.8 Å². The number of hydrogen-bond acceptors (Lipinski definition) is 11. The number of sulfone groups is 1. The lowest BCUT2D eigenvalue weighted by Gasteiger charge is -2.44. The first-order valence-corrected chi connectivity index (χ1v) is 25.7. The van der Waals surface area contributed by atoms with Crippen LogP contribution in [0.2, 0.25) is 0 Å². The van der Waals surface area contributed by atoms with Crippen molar-refractivity contribution in [2.45, 2.75) is 78.1 Å². The third-order valence-corrected chi connectivity index (χ3v) is 17.0. The molecular formula is C46H61ClF3N5O6S3. The summed E-state index contributed by atoms with van der Waals surface area (Å²) in [5.41, 5.74) is -4.61. The molecule has 2 aliphatic heterocycles. The Hall–Kier alpha value is -3.58. The number of nitrogens with zero attached hydrogens (tertiary/aromatic N) is 3. The van der Waals surface area contributed by atoms with Crippen LogP contribution in [0.15, 0.2) is 112 Å². The van der Waals surface area contributed by atoms with Crippen LogP contribution in [0.1, 0.15) is 57.3 Å². The zero-order chi connectivity index (χ0) is 46.9. The number of alkyl halides is 4. The van der Waals surface area contributed by atoms with E-state index in [9.17, 15) is 34.8 Å². The summed E-state index contributed by atoms with van der Waals surface area (Å²) in [5.74, 6) is -0.377. The van der Waals surface area contributed by atoms with Gasteiger partial charge in [0.15, 0.2) is 0 Å². The average Bonchev–Trinajstić information content (AvgIpc) is 3.53. The summed E-state index contributed by atoms with van der Waals surface area (Å²) >= 11 is 8.53. The number of allylic oxidation sites excluding steroid dienone is 1. The third kappa shape index (κ3) is 13.1. The van der Waals surface area contributed by atoms with Crippen molar-refractivity contribution >= 4 is 60.5 Å². The number of sulfonamides is 1. The lowest BCUT2D eigenvalue weighted by molar-refractivity contribution is -0.0435. The standard InChI is InChI=1S/C46H61ClF3N5O6S3/c1-7-44(5,34(2)3)45(6,47)31-35(4)32-54-23-25-55(26-24-54)38-16-14-36(15-17-38)43(56)52-64(59,60)40-18-19-41(42(30-40)63(57,58)46(48,49)50)51-37(33-62-39-12-9-8-10-13-39)20-22-53-21-11-28-61-29-27-53/h7-10,12-19,30,34,37,51H,1,4,11,20-29,31-33H2,2-3,5-6H3,(H,52,56)/t37-,44-,45-/m1/s1. The maximum absolute atomic E-state index is 14.2. The molecule has 352 valence electrons. The van der Waals surface area contributed by atoms with E-state index in [1.165, 1.54) is 23.9 Å². The predicted molar refractivity (Wildman–Crippen MR) is 252 cm³/mol.